The molecule has 0 bridgehead atoms. The predicted octanol–water partition coefficient (Wildman–Crippen LogP) is 3.05. The van der Waals surface area contributed by atoms with Crippen LogP contribution in [0.3, 0.4) is 0 Å². The normalized spacial score (nSPS) is 17.7. The van der Waals surface area contributed by atoms with Gasteiger partial charge in [-0.3, -0.25) is 0 Å². The number of ether oxygens (including phenoxy) is 1. The van der Waals surface area contributed by atoms with Gasteiger partial charge in [0.1, 0.15) is 12.4 Å². The molecule has 100 valence electrons. The van der Waals surface area contributed by atoms with Gasteiger partial charge in [-0.05, 0) is 36.6 Å². The zero-order valence-electron chi connectivity index (χ0n) is 11.1. The first kappa shape index (κ1) is 13.2. The molecule has 1 unspecified atom stereocenters. The third kappa shape index (κ3) is 3.91. The fraction of sp³-hybridized carbons (Fsp3) is 0.600. The zero-order chi connectivity index (χ0) is 12.8. The van der Waals surface area contributed by atoms with Crippen LogP contribution in [0, 0.1) is 5.92 Å². The van der Waals surface area contributed by atoms with Crippen molar-refractivity contribution in [2.75, 3.05) is 19.0 Å². The molecule has 18 heavy (non-hydrogen) atoms. The van der Waals surface area contributed by atoms with Crippen LogP contribution in [0.25, 0.3) is 0 Å². The van der Waals surface area contributed by atoms with E-state index in [1.165, 1.54) is 25.7 Å². The first-order valence-corrected chi connectivity index (χ1v) is 6.86. The van der Waals surface area contributed by atoms with Crippen LogP contribution in [-0.2, 0) is 0 Å². The summed E-state index contributed by atoms with van der Waals surface area (Å²) in [5.74, 6) is 1.52. The molecule has 2 N–H and O–H groups in total. The van der Waals surface area contributed by atoms with E-state index in [1.54, 1.807) is 0 Å². The Labute approximate surface area is 109 Å². The molecular formula is C15H23NO2. The number of aliphatic hydroxyl groups is 1. The summed E-state index contributed by atoms with van der Waals surface area (Å²) in [6.45, 7) is 0.398. The Morgan fingerprint density at radius 3 is 2.56 bits per heavy atom. The molecule has 1 aromatic carbocycles. The highest BCUT2D eigenvalue weighted by Gasteiger charge is 2.19. The Kier molecular flexibility index (Phi) is 4.88. The highest BCUT2D eigenvalue weighted by atomic mass is 16.5. The van der Waals surface area contributed by atoms with E-state index in [0.717, 1.165) is 17.9 Å². The zero-order valence-corrected chi connectivity index (χ0v) is 11.1. The van der Waals surface area contributed by atoms with E-state index in [9.17, 15) is 5.11 Å². The van der Waals surface area contributed by atoms with Crippen LogP contribution in [0.4, 0.5) is 5.69 Å². The van der Waals surface area contributed by atoms with E-state index >= 15 is 0 Å². The summed E-state index contributed by atoms with van der Waals surface area (Å²) in [5.41, 5.74) is 1.06. The second kappa shape index (κ2) is 6.64. The lowest BCUT2D eigenvalue weighted by molar-refractivity contribution is 0.0855. The minimum Gasteiger partial charge on any atom is -0.491 e. The van der Waals surface area contributed by atoms with Crippen molar-refractivity contribution >= 4 is 5.69 Å². The van der Waals surface area contributed by atoms with Crippen molar-refractivity contribution in [1.29, 1.82) is 0 Å². The van der Waals surface area contributed by atoms with Crippen LogP contribution in [-0.4, -0.2) is 24.9 Å². The van der Waals surface area contributed by atoms with Gasteiger partial charge in [0.05, 0.1) is 6.10 Å². The maximum atomic E-state index is 9.93. The number of nitrogens with one attached hydrogen (secondary N) is 1. The van der Waals surface area contributed by atoms with Crippen LogP contribution < -0.4 is 10.1 Å². The average Bonchev–Trinajstić information content (AvgIpc) is 2.90. The van der Waals surface area contributed by atoms with E-state index < -0.39 is 0 Å². The van der Waals surface area contributed by atoms with Gasteiger partial charge in [-0.1, -0.05) is 25.7 Å². The van der Waals surface area contributed by atoms with Crippen molar-refractivity contribution < 1.29 is 9.84 Å². The number of hydrogen-bond donors (Lipinski definition) is 2. The second-order valence-electron chi connectivity index (χ2n) is 5.13. The number of aliphatic hydroxyl groups excluding tert-OH is 1. The lowest BCUT2D eigenvalue weighted by atomic mass is 10.0. The van der Waals surface area contributed by atoms with E-state index in [0.29, 0.717) is 12.5 Å². The summed E-state index contributed by atoms with van der Waals surface area (Å²) in [7, 11) is 1.89. The molecule has 1 aromatic rings. The summed E-state index contributed by atoms with van der Waals surface area (Å²) < 4.78 is 5.60. The van der Waals surface area contributed by atoms with Gasteiger partial charge < -0.3 is 15.2 Å². The summed E-state index contributed by atoms with van der Waals surface area (Å²) in [6.07, 6.45) is 5.74. The maximum absolute atomic E-state index is 9.93. The average molecular weight is 249 g/mol. The van der Waals surface area contributed by atoms with Gasteiger partial charge in [0, 0.05) is 12.7 Å². The Morgan fingerprint density at radius 2 is 1.94 bits per heavy atom. The third-order valence-electron chi connectivity index (χ3n) is 3.67. The van der Waals surface area contributed by atoms with Crippen molar-refractivity contribution in [3.05, 3.63) is 24.3 Å². The van der Waals surface area contributed by atoms with Gasteiger partial charge >= 0.3 is 0 Å². The summed E-state index contributed by atoms with van der Waals surface area (Å²) in [4.78, 5) is 0. The monoisotopic (exact) mass is 249 g/mol. The van der Waals surface area contributed by atoms with Gasteiger partial charge in [0.25, 0.3) is 0 Å². The molecule has 1 fully saturated rings. The molecular weight excluding hydrogens is 226 g/mol. The topological polar surface area (TPSA) is 41.5 Å². The SMILES string of the molecule is CNc1ccc(OCC(O)CC2CCCC2)cc1. The highest BCUT2D eigenvalue weighted by Crippen LogP contribution is 2.28. The molecule has 0 aromatic heterocycles. The minimum atomic E-state index is -0.336. The molecule has 0 saturated heterocycles. The first-order chi connectivity index (χ1) is 8.78. The molecule has 1 atom stereocenters. The summed E-state index contributed by atoms with van der Waals surface area (Å²) >= 11 is 0. The van der Waals surface area contributed by atoms with Crippen molar-refractivity contribution in [3.8, 4) is 5.75 Å². The van der Waals surface area contributed by atoms with Crippen LogP contribution in [0.2, 0.25) is 0 Å². The van der Waals surface area contributed by atoms with Gasteiger partial charge in [-0.2, -0.15) is 0 Å². The van der Waals surface area contributed by atoms with Crippen molar-refractivity contribution in [1.82, 2.24) is 0 Å². The lowest BCUT2D eigenvalue weighted by Crippen LogP contribution is -2.20. The molecule has 3 heteroatoms. The van der Waals surface area contributed by atoms with Gasteiger partial charge in [-0.25, -0.2) is 0 Å². The van der Waals surface area contributed by atoms with Crippen molar-refractivity contribution in [2.45, 2.75) is 38.2 Å². The van der Waals surface area contributed by atoms with Crippen molar-refractivity contribution in [2.24, 2.45) is 5.92 Å². The van der Waals surface area contributed by atoms with Crippen LogP contribution in [0.1, 0.15) is 32.1 Å². The summed E-state index contributed by atoms with van der Waals surface area (Å²) in [6, 6.07) is 7.79. The maximum Gasteiger partial charge on any atom is 0.119 e. The Morgan fingerprint density at radius 1 is 1.28 bits per heavy atom. The van der Waals surface area contributed by atoms with E-state index in [4.69, 9.17) is 4.74 Å². The van der Waals surface area contributed by atoms with Gasteiger partial charge in [0.2, 0.25) is 0 Å². The van der Waals surface area contributed by atoms with Gasteiger partial charge in [0.15, 0.2) is 0 Å². The number of anilines is 1. The molecule has 0 radical (unpaired) electrons. The highest BCUT2D eigenvalue weighted by molar-refractivity contribution is 5.45. The standard InChI is InChI=1S/C15H23NO2/c1-16-13-6-8-15(9-7-13)18-11-14(17)10-12-4-2-3-5-12/h6-9,12,14,16-17H,2-5,10-11H2,1H3. The third-order valence-corrected chi connectivity index (χ3v) is 3.67. The molecule has 0 heterocycles. The van der Waals surface area contributed by atoms with Crippen LogP contribution >= 0.6 is 0 Å². The van der Waals surface area contributed by atoms with E-state index in [2.05, 4.69) is 5.32 Å². The second-order valence-corrected chi connectivity index (χ2v) is 5.13. The largest absolute Gasteiger partial charge is 0.491 e. The predicted molar refractivity (Wildman–Crippen MR) is 74.1 cm³/mol. The fourth-order valence-electron chi connectivity index (χ4n) is 2.61. The minimum absolute atomic E-state index is 0.336. The molecule has 2 rings (SSSR count). The number of hydrogen-bond acceptors (Lipinski definition) is 3. The smallest absolute Gasteiger partial charge is 0.119 e. The molecule has 0 aliphatic heterocycles. The van der Waals surface area contributed by atoms with Gasteiger partial charge in [-0.15, -0.1) is 0 Å². The van der Waals surface area contributed by atoms with E-state index in [-0.39, 0.29) is 6.10 Å². The molecule has 1 aliphatic carbocycles. The molecule has 1 aliphatic rings. The summed E-state index contributed by atoms with van der Waals surface area (Å²) in [5, 5.41) is 13.0. The molecule has 1 saturated carbocycles. The van der Waals surface area contributed by atoms with E-state index in [1.807, 2.05) is 31.3 Å². The van der Waals surface area contributed by atoms with Crippen LogP contribution in [0.5, 0.6) is 5.75 Å². The Balaban J connectivity index is 1.72. The lowest BCUT2D eigenvalue weighted by Gasteiger charge is -2.16. The number of benzene rings is 1. The number of rotatable bonds is 6. The van der Waals surface area contributed by atoms with Crippen molar-refractivity contribution in [3.63, 3.8) is 0 Å². The molecule has 0 spiro atoms. The first-order valence-electron chi connectivity index (χ1n) is 6.86. The molecule has 3 nitrogen and oxygen atoms in total. The molecule has 0 amide bonds. The quantitative estimate of drug-likeness (QED) is 0.814. The Bertz CT molecular complexity index is 344. The fourth-order valence-corrected chi connectivity index (χ4v) is 2.61. The Hall–Kier alpha value is -1.22. The van der Waals surface area contributed by atoms with Crippen LogP contribution in [0.15, 0.2) is 24.3 Å².